The van der Waals surface area contributed by atoms with Crippen LogP contribution in [-0.2, 0) is 14.3 Å². The molecule has 41 heavy (non-hydrogen) atoms. The minimum absolute atomic E-state index is 0.125. The lowest BCUT2D eigenvalue weighted by Gasteiger charge is -2.27. The van der Waals surface area contributed by atoms with E-state index in [-0.39, 0.29) is 19.1 Å². The number of imide groups is 1. The fourth-order valence-corrected chi connectivity index (χ4v) is 3.95. The molecule has 0 radical (unpaired) electrons. The summed E-state index contributed by atoms with van der Waals surface area (Å²) < 4.78 is 17.1. The number of amides is 3. The van der Waals surface area contributed by atoms with Gasteiger partial charge in [0.15, 0.2) is 6.10 Å². The van der Waals surface area contributed by atoms with Crippen LogP contribution in [0.4, 0.5) is 16.2 Å². The van der Waals surface area contributed by atoms with E-state index in [0.29, 0.717) is 47.7 Å². The third-order valence-electron chi connectivity index (χ3n) is 5.88. The topological polar surface area (TPSA) is 149 Å². The highest BCUT2D eigenvalue weighted by Crippen LogP contribution is 2.29. The Kier molecular flexibility index (Phi) is 12.4. The summed E-state index contributed by atoms with van der Waals surface area (Å²) in [5.41, 5.74) is 7.79. The number of hydrogen-bond acceptors (Lipinski definition) is 8. The number of aliphatic hydroxyl groups excluding tert-OH is 1. The van der Waals surface area contributed by atoms with Crippen LogP contribution in [0.15, 0.2) is 91.0 Å². The average Bonchev–Trinajstić information content (AvgIpc) is 2.98. The Bertz CT molecular complexity index is 1300. The summed E-state index contributed by atoms with van der Waals surface area (Å²) in [6, 6.07) is 22.1. The highest BCUT2D eigenvalue weighted by atomic mass is 16.6. The minimum Gasteiger partial charge on any atom is -0.491 e. The third kappa shape index (κ3) is 10.1. The van der Waals surface area contributed by atoms with Crippen molar-refractivity contribution in [3.05, 3.63) is 102 Å². The molecule has 0 heterocycles. The van der Waals surface area contributed by atoms with Gasteiger partial charge in [0.2, 0.25) is 5.91 Å². The highest BCUT2D eigenvalue weighted by molar-refractivity contribution is 6.03. The summed E-state index contributed by atoms with van der Waals surface area (Å²) in [6.07, 6.45) is 1.54. The number of para-hydroxylation sites is 2. The maximum atomic E-state index is 12.8. The van der Waals surface area contributed by atoms with Crippen molar-refractivity contribution in [2.24, 2.45) is 0 Å². The van der Waals surface area contributed by atoms with Crippen LogP contribution in [0.1, 0.15) is 41.8 Å². The quantitative estimate of drug-likeness (QED) is 0.164. The summed E-state index contributed by atoms with van der Waals surface area (Å²) in [5.74, 6) is -0.393. The number of hydrogen-bond donors (Lipinski definition) is 4. The van der Waals surface area contributed by atoms with Crippen LogP contribution in [0.5, 0.6) is 5.75 Å². The second kappa shape index (κ2) is 16.4. The van der Waals surface area contributed by atoms with Gasteiger partial charge in [0, 0.05) is 12.2 Å². The molecule has 0 spiro atoms. The lowest BCUT2D eigenvalue weighted by Crippen LogP contribution is -2.35. The number of rotatable bonds is 14. The Morgan fingerprint density at radius 3 is 2.37 bits per heavy atom. The van der Waals surface area contributed by atoms with E-state index in [9.17, 15) is 14.4 Å². The number of nitrogens with two attached hydrogens (primary N) is 1. The fourth-order valence-electron chi connectivity index (χ4n) is 3.95. The van der Waals surface area contributed by atoms with E-state index in [0.717, 1.165) is 0 Å². The predicted octanol–water partition coefficient (Wildman–Crippen LogP) is 4.63. The second-order valence-electron chi connectivity index (χ2n) is 8.84. The SMILES string of the molecule is CCO[C@H](CC/C=C/C(=O)Nc1ccccc1N)[C@H](OC(=O)NC(=O)c1ccccc1)c1ccc(OCCO)cc1. The maximum Gasteiger partial charge on any atom is 0.414 e. The van der Waals surface area contributed by atoms with Crippen molar-refractivity contribution in [1.82, 2.24) is 5.32 Å². The van der Waals surface area contributed by atoms with Gasteiger partial charge in [0.05, 0.1) is 24.1 Å². The summed E-state index contributed by atoms with van der Waals surface area (Å²) in [5, 5.41) is 14.0. The Morgan fingerprint density at radius 2 is 1.68 bits per heavy atom. The molecule has 0 saturated heterocycles. The van der Waals surface area contributed by atoms with Crippen molar-refractivity contribution in [3.63, 3.8) is 0 Å². The number of benzene rings is 3. The number of alkyl carbamates (subject to hydrolysis) is 1. The van der Waals surface area contributed by atoms with E-state index < -0.39 is 24.2 Å². The van der Waals surface area contributed by atoms with E-state index in [1.807, 2.05) is 6.92 Å². The van der Waals surface area contributed by atoms with Crippen molar-refractivity contribution in [1.29, 1.82) is 0 Å². The van der Waals surface area contributed by atoms with Crippen LogP contribution in [0, 0.1) is 0 Å². The molecule has 0 fully saturated rings. The molecule has 216 valence electrons. The monoisotopic (exact) mass is 561 g/mol. The number of carbonyl (C=O) groups is 3. The Morgan fingerprint density at radius 1 is 0.976 bits per heavy atom. The first-order valence-corrected chi connectivity index (χ1v) is 13.3. The van der Waals surface area contributed by atoms with E-state index in [4.69, 9.17) is 25.1 Å². The first-order valence-electron chi connectivity index (χ1n) is 13.3. The van der Waals surface area contributed by atoms with Crippen molar-refractivity contribution >= 4 is 29.3 Å². The molecule has 10 heteroatoms. The fraction of sp³-hybridized carbons (Fsp3) is 0.258. The molecule has 3 rings (SSSR count). The molecule has 0 bridgehead atoms. The number of carbonyl (C=O) groups excluding carboxylic acids is 3. The van der Waals surface area contributed by atoms with Crippen LogP contribution < -0.4 is 21.1 Å². The average molecular weight is 562 g/mol. The van der Waals surface area contributed by atoms with Gasteiger partial charge in [-0.2, -0.15) is 0 Å². The van der Waals surface area contributed by atoms with Crippen molar-refractivity contribution in [3.8, 4) is 5.75 Å². The minimum atomic E-state index is -0.926. The first kappa shape index (κ1) is 30.9. The number of anilines is 2. The number of nitrogens with one attached hydrogen (secondary N) is 2. The Balaban J connectivity index is 1.71. The van der Waals surface area contributed by atoms with Crippen LogP contribution in [0.2, 0.25) is 0 Å². The Hall–Kier alpha value is -4.67. The predicted molar refractivity (Wildman–Crippen MR) is 155 cm³/mol. The lowest BCUT2D eigenvalue weighted by atomic mass is 10.00. The van der Waals surface area contributed by atoms with Gasteiger partial charge in [-0.15, -0.1) is 0 Å². The van der Waals surface area contributed by atoms with E-state index >= 15 is 0 Å². The zero-order valence-electron chi connectivity index (χ0n) is 22.8. The summed E-state index contributed by atoms with van der Waals surface area (Å²) in [6.45, 7) is 2.17. The summed E-state index contributed by atoms with van der Waals surface area (Å²) >= 11 is 0. The molecular weight excluding hydrogens is 526 g/mol. The zero-order chi connectivity index (χ0) is 29.5. The van der Waals surface area contributed by atoms with Crippen molar-refractivity contribution in [2.45, 2.75) is 32.0 Å². The van der Waals surface area contributed by atoms with Crippen molar-refractivity contribution in [2.75, 3.05) is 30.9 Å². The molecule has 5 N–H and O–H groups in total. The lowest BCUT2D eigenvalue weighted by molar-refractivity contribution is -0.111. The van der Waals surface area contributed by atoms with Gasteiger partial charge in [-0.25, -0.2) is 4.79 Å². The van der Waals surface area contributed by atoms with Gasteiger partial charge in [-0.1, -0.05) is 48.5 Å². The van der Waals surface area contributed by atoms with E-state index in [1.54, 1.807) is 84.9 Å². The van der Waals surface area contributed by atoms with Crippen LogP contribution in [0.3, 0.4) is 0 Å². The molecule has 0 aliphatic carbocycles. The second-order valence-corrected chi connectivity index (χ2v) is 8.84. The smallest absolute Gasteiger partial charge is 0.414 e. The number of aliphatic hydroxyl groups is 1. The number of allylic oxidation sites excluding steroid dienone is 1. The molecule has 10 nitrogen and oxygen atoms in total. The molecular formula is C31H35N3O7. The molecule has 3 aromatic rings. The van der Waals surface area contributed by atoms with Gasteiger partial charge in [0.1, 0.15) is 12.4 Å². The molecule has 3 amide bonds. The standard InChI is InChI=1S/C31H35N3O7/c1-2-39-27(14-8-9-15-28(36)33-26-13-7-6-12-25(26)32)29(22-16-18-24(19-17-22)40-21-20-35)41-31(38)34-30(37)23-10-4-3-5-11-23/h3-7,9-13,15-19,27,29,35H,2,8,14,20-21,32H2,1H3,(H,33,36)(H,34,37,38)/b15-9+/t27-,29-/m1/s1. The number of ether oxygens (including phenoxy) is 3. The highest BCUT2D eigenvalue weighted by Gasteiger charge is 2.28. The third-order valence-corrected chi connectivity index (χ3v) is 5.88. The molecule has 3 aromatic carbocycles. The summed E-state index contributed by atoms with van der Waals surface area (Å²) in [7, 11) is 0. The van der Waals surface area contributed by atoms with Crippen LogP contribution in [0.25, 0.3) is 0 Å². The van der Waals surface area contributed by atoms with Gasteiger partial charge in [-0.3, -0.25) is 14.9 Å². The molecule has 0 saturated carbocycles. The number of nitrogen functional groups attached to an aromatic ring is 1. The van der Waals surface area contributed by atoms with Crippen molar-refractivity contribution < 1.29 is 33.7 Å². The summed E-state index contributed by atoms with van der Waals surface area (Å²) in [4.78, 5) is 37.7. The normalized spacial score (nSPS) is 12.3. The Labute approximate surface area is 239 Å². The van der Waals surface area contributed by atoms with Crippen LogP contribution in [-0.4, -0.2) is 48.9 Å². The van der Waals surface area contributed by atoms with Gasteiger partial charge in [-0.05, 0) is 67.8 Å². The van der Waals surface area contributed by atoms with Gasteiger partial charge >= 0.3 is 6.09 Å². The van der Waals surface area contributed by atoms with Gasteiger partial charge < -0.3 is 30.4 Å². The molecule has 0 aliphatic heterocycles. The molecule has 2 atom stereocenters. The van der Waals surface area contributed by atoms with Gasteiger partial charge in [0.25, 0.3) is 5.91 Å². The van der Waals surface area contributed by atoms with E-state index in [2.05, 4.69) is 10.6 Å². The van der Waals surface area contributed by atoms with Crippen LogP contribution >= 0.6 is 0 Å². The molecule has 0 unspecified atom stereocenters. The largest absolute Gasteiger partial charge is 0.491 e. The zero-order valence-corrected chi connectivity index (χ0v) is 22.8. The molecule has 0 aliphatic rings. The molecule has 0 aromatic heterocycles. The maximum absolute atomic E-state index is 12.8. The van der Waals surface area contributed by atoms with E-state index in [1.165, 1.54) is 6.08 Å². The first-order chi connectivity index (χ1) is 19.9.